The predicted molar refractivity (Wildman–Crippen MR) is 86.6 cm³/mol. The van der Waals surface area contributed by atoms with Gasteiger partial charge in [-0.25, -0.2) is 9.37 Å². The maximum absolute atomic E-state index is 13.1. The largest absolute Gasteiger partial charge is 0.343 e. The Morgan fingerprint density at radius 1 is 1.39 bits per heavy atom. The van der Waals surface area contributed by atoms with E-state index < -0.39 is 17.3 Å². The topological polar surface area (TPSA) is 71.1 Å². The van der Waals surface area contributed by atoms with Gasteiger partial charge in [0.05, 0.1) is 12.1 Å². The molecule has 0 saturated carbocycles. The molecule has 7 heteroatoms. The van der Waals surface area contributed by atoms with Crippen molar-refractivity contribution in [2.45, 2.75) is 25.8 Å². The van der Waals surface area contributed by atoms with Crippen LogP contribution in [-0.2, 0) is 10.3 Å². The number of rotatable bonds is 6. The van der Waals surface area contributed by atoms with Gasteiger partial charge in [-0.05, 0) is 31.5 Å². The summed E-state index contributed by atoms with van der Waals surface area (Å²) in [7, 11) is 0. The SMILES string of the molecule is CC[C@@](C)(NC(=O)CNC(=O)c1cccc(F)c1)c1nccs1. The zero-order chi connectivity index (χ0) is 16.9. The van der Waals surface area contributed by atoms with Crippen LogP contribution in [-0.4, -0.2) is 23.3 Å². The number of carbonyl (C=O) groups is 2. The summed E-state index contributed by atoms with van der Waals surface area (Å²) in [6, 6.07) is 5.31. The van der Waals surface area contributed by atoms with Crippen molar-refractivity contribution < 1.29 is 14.0 Å². The van der Waals surface area contributed by atoms with E-state index in [-0.39, 0.29) is 18.0 Å². The Labute approximate surface area is 137 Å². The molecule has 2 N–H and O–H groups in total. The van der Waals surface area contributed by atoms with Gasteiger partial charge in [0, 0.05) is 17.1 Å². The first-order valence-corrected chi connectivity index (χ1v) is 8.07. The predicted octanol–water partition coefficient (Wildman–Crippen LogP) is 2.45. The first kappa shape index (κ1) is 17.1. The van der Waals surface area contributed by atoms with E-state index in [4.69, 9.17) is 0 Å². The quantitative estimate of drug-likeness (QED) is 0.852. The number of benzene rings is 1. The summed E-state index contributed by atoms with van der Waals surface area (Å²) < 4.78 is 13.1. The first-order valence-electron chi connectivity index (χ1n) is 7.19. The van der Waals surface area contributed by atoms with Crippen LogP contribution in [0.3, 0.4) is 0 Å². The Hall–Kier alpha value is -2.28. The van der Waals surface area contributed by atoms with E-state index in [2.05, 4.69) is 15.6 Å². The van der Waals surface area contributed by atoms with Gasteiger partial charge in [-0.2, -0.15) is 0 Å². The lowest BCUT2D eigenvalue weighted by Crippen LogP contribution is -2.47. The van der Waals surface area contributed by atoms with Crippen LogP contribution < -0.4 is 10.6 Å². The number of hydrogen-bond acceptors (Lipinski definition) is 4. The minimum atomic E-state index is -0.575. The molecule has 2 amide bonds. The number of amides is 2. The lowest BCUT2D eigenvalue weighted by atomic mass is 10.00. The number of nitrogens with zero attached hydrogens (tertiary/aromatic N) is 1. The highest BCUT2D eigenvalue weighted by Gasteiger charge is 2.29. The van der Waals surface area contributed by atoms with E-state index in [0.717, 1.165) is 11.1 Å². The highest BCUT2D eigenvalue weighted by atomic mass is 32.1. The molecule has 122 valence electrons. The van der Waals surface area contributed by atoms with Crippen LogP contribution in [0.4, 0.5) is 4.39 Å². The van der Waals surface area contributed by atoms with Crippen molar-refractivity contribution in [2.75, 3.05) is 6.54 Å². The highest BCUT2D eigenvalue weighted by Crippen LogP contribution is 2.25. The lowest BCUT2D eigenvalue weighted by Gasteiger charge is -2.27. The number of carbonyl (C=O) groups excluding carboxylic acids is 2. The van der Waals surface area contributed by atoms with Gasteiger partial charge in [0.2, 0.25) is 5.91 Å². The normalized spacial score (nSPS) is 13.2. The first-order chi connectivity index (χ1) is 10.9. The molecule has 1 atom stereocenters. The maximum Gasteiger partial charge on any atom is 0.251 e. The van der Waals surface area contributed by atoms with Crippen LogP contribution in [0.2, 0.25) is 0 Å². The second-order valence-corrected chi connectivity index (χ2v) is 6.16. The fourth-order valence-corrected chi connectivity index (χ4v) is 2.86. The van der Waals surface area contributed by atoms with Crippen molar-refractivity contribution in [1.29, 1.82) is 0 Å². The molecule has 0 spiro atoms. The van der Waals surface area contributed by atoms with Crippen molar-refractivity contribution in [3.8, 4) is 0 Å². The van der Waals surface area contributed by atoms with Crippen molar-refractivity contribution in [2.24, 2.45) is 0 Å². The maximum atomic E-state index is 13.1. The summed E-state index contributed by atoms with van der Waals surface area (Å²) in [6.45, 7) is 3.65. The third kappa shape index (κ3) is 4.35. The van der Waals surface area contributed by atoms with Crippen LogP contribution in [0, 0.1) is 5.82 Å². The molecule has 0 bridgehead atoms. The second kappa shape index (κ2) is 7.32. The molecule has 1 aromatic carbocycles. The van der Waals surface area contributed by atoms with Crippen LogP contribution >= 0.6 is 11.3 Å². The molecule has 1 aromatic heterocycles. The average molecular weight is 335 g/mol. The van der Waals surface area contributed by atoms with Crippen LogP contribution in [0.25, 0.3) is 0 Å². The molecule has 23 heavy (non-hydrogen) atoms. The van der Waals surface area contributed by atoms with E-state index in [1.807, 2.05) is 19.2 Å². The van der Waals surface area contributed by atoms with Crippen LogP contribution in [0.15, 0.2) is 35.8 Å². The number of nitrogens with one attached hydrogen (secondary N) is 2. The lowest BCUT2D eigenvalue weighted by molar-refractivity contribution is -0.122. The molecule has 0 unspecified atom stereocenters. The zero-order valence-corrected chi connectivity index (χ0v) is 13.7. The standard InChI is InChI=1S/C16H18FN3O2S/c1-3-16(2,15-18-7-8-23-15)20-13(21)10-19-14(22)11-5-4-6-12(17)9-11/h4-9H,3,10H2,1-2H3,(H,19,22)(H,20,21)/t16-/m1/s1. The molecule has 5 nitrogen and oxygen atoms in total. The number of thiazole rings is 1. The van der Waals surface area contributed by atoms with Gasteiger partial charge in [0.25, 0.3) is 5.91 Å². The Bertz CT molecular complexity index is 690. The van der Waals surface area contributed by atoms with Gasteiger partial charge in [-0.3, -0.25) is 9.59 Å². The molecule has 0 fully saturated rings. The van der Waals surface area contributed by atoms with Gasteiger partial charge >= 0.3 is 0 Å². The molecule has 0 aliphatic rings. The average Bonchev–Trinajstić information content (AvgIpc) is 3.07. The smallest absolute Gasteiger partial charge is 0.251 e. The van der Waals surface area contributed by atoms with E-state index in [9.17, 15) is 14.0 Å². The molecule has 0 aliphatic carbocycles. The molecule has 1 heterocycles. The molecule has 0 aliphatic heterocycles. The van der Waals surface area contributed by atoms with Gasteiger partial charge in [0.1, 0.15) is 10.8 Å². The summed E-state index contributed by atoms with van der Waals surface area (Å²) in [5.41, 5.74) is -0.398. The summed E-state index contributed by atoms with van der Waals surface area (Å²) in [4.78, 5) is 28.2. The van der Waals surface area contributed by atoms with Gasteiger partial charge in [0.15, 0.2) is 0 Å². The fourth-order valence-electron chi connectivity index (χ4n) is 2.03. The number of hydrogen-bond donors (Lipinski definition) is 2. The highest BCUT2D eigenvalue weighted by molar-refractivity contribution is 7.09. The second-order valence-electron chi connectivity index (χ2n) is 5.26. The fraction of sp³-hybridized carbons (Fsp3) is 0.312. The van der Waals surface area contributed by atoms with Crippen LogP contribution in [0.1, 0.15) is 35.6 Å². The van der Waals surface area contributed by atoms with Gasteiger partial charge in [-0.15, -0.1) is 11.3 Å². The summed E-state index contributed by atoms with van der Waals surface area (Å²) in [5, 5.41) is 8.03. The Balaban J connectivity index is 1.93. The monoisotopic (exact) mass is 335 g/mol. The van der Waals surface area contributed by atoms with Crippen molar-refractivity contribution in [3.05, 3.63) is 52.2 Å². The summed E-state index contributed by atoms with van der Waals surface area (Å²) >= 11 is 1.46. The molecule has 2 aromatic rings. The summed E-state index contributed by atoms with van der Waals surface area (Å²) in [6.07, 6.45) is 2.36. The minimum Gasteiger partial charge on any atom is -0.343 e. The molecule has 2 rings (SSSR count). The van der Waals surface area contributed by atoms with E-state index in [0.29, 0.717) is 6.42 Å². The zero-order valence-electron chi connectivity index (χ0n) is 12.9. The summed E-state index contributed by atoms with van der Waals surface area (Å²) in [5.74, 6) is -1.31. The van der Waals surface area contributed by atoms with E-state index >= 15 is 0 Å². The molecular weight excluding hydrogens is 317 g/mol. The molecular formula is C16H18FN3O2S. The Kier molecular flexibility index (Phi) is 5.44. The van der Waals surface area contributed by atoms with E-state index in [1.54, 1.807) is 6.20 Å². The Morgan fingerprint density at radius 3 is 2.78 bits per heavy atom. The Morgan fingerprint density at radius 2 is 2.17 bits per heavy atom. The molecule has 0 radical (unpaired) electrons. The van der Waals surface area contributed by atoms with Gasteiger partial charge < -0.3 is 10.6 Å². The third-order valence-corrected chi connectivity index (χ3v) is 4.56. The van der Waals surface area contributed by atoms with Crippen molar-refractivity contribution in [1.82, 2.24) is 15.6 Å². The van der Waals surface area contributed by atoms with E-state index in [1.165, 1.54) is 29.5 Å². The van der Waals surface area contributed by atoms with Gasteiger partial charge in [-0.1, -0.05) is 13.0 Å². The van der Waals surface area contributed by atoms with Crippen molar-refractivity contribution >= 4 is 23.2 Å². The number of aromatic nitrogens is 1. The van der Waals surface area contributed by atoms with Crippen molar-refractivity contribution in [3.63, 3.8) is 0 Å². The van der Waals surface area contributed by atoms with Crippen LogP contribution in [0.5, 0.6) is 0 Å². The third-order valence-electron chi connectivity index (χ3n) is 3.52. The minimum absolute atomic E-state index is 0.177. The number of halogens is 1. The molecule has 0 saturated heterocycles.